The van der Waals surface area contributed by atoms with Crippen molar-refractivity contribution in [3.05, 3.63) is 54.1 Å². The van der Waals surface area contributed by atoms with Gasteiger partial charge in [0.2, 0.25) is 5.96 Å². The fourth-order valence-electron chi connectivity index (χ4n) is 1.59. The summed E-state index contributed by atoms with van der Waals surface area (Å²) in [5.41, 5.74) is 12.1. The van der Waals surface area contributed by atoms with Gasteiger partial charge in [-0.2, -0.15) is 0 Å². The largest absolute Gasteiger partial charge is 0.497 e. The fraction of sp³-hybridized carbons (Fsp3) is 0.0714. The quantitative estimate of drug-likeness (QED) is 0.433. The van der Waals surface area contributed by atoms with Gasteiger partial charge in [0.1, 0.15) is 11.6 Å². The first-order valence-electron chi connectivity index (χ1n) is 6.17. The Hall–Kier alpha value is -3.09. The summed E-state index contributed by atoms with van der Waals surface area (Å²) in [5.74, 6) is 1.36. The molecule has 1 heterocycles. The molecule has 0 fully saturated rings. The average Bonchev–Trinajstić information content (AvgIpc) is 3.01. The molecule has 0 bridgehead atoms. The van der Waals surface area contributed by atoms with Crippen LogP contribution in [0.2, 0.25) is 0 Å². The third-order valence-electron chi connectivity index (χ3n) is 2.58. The Morgan fingerprint density at radius 2 is 2.00 bits per heavy atom. The van der Waals surface area contributed by atoms with E-state index in [2.05, 4.69) is 20.2 Å². The van der Waals surface area contributed by atoms with E-state index in [4.69, 9.17) is 16.2 Å². The summed E-state index contributed by atoms with van der Waals surface area (Å²) in [4.78, 5) is 7.07. The second kappa shape index (κ2) is 6.90. The van der Waals surface area contributed by atoms with E-state index < -0.39 is 0 Å². The van der Waals surface area contributed by atoms with Crippen LogP contribution < -0.4 is 16.2 Å². The lowest BCUT2D eigenvalue weighted by molar-refractivity contribution is 0.415. The molecular weight excluding hydrogens is 268 g/mol. The van der Waals surface area contributed by atoms with Crippen molar-refractivity contribution in [2.45, 2.75) is 0 Å². The first kappa shape index (κ1) is 14.3. The molecule has 0 aliphatic heterocycles. The number of methoxy groups -OCH3 is 1. The number of hydrogen-bond acceptors (Lipinski definition) is 4. The van der Waals surface area contributed by atoms with Crippen LogP contribution in [0.4, 0.5) is 0 Å². The second-order valence-corrected chi connectivity index (χ2v) is 4.05. The van der Waals surface area contributed by atoms with Crippen molar-refractivity contribution in [1.29, 1.82) is 0 Å². The zero-order valence-electron chi connectivity index (χ0n) is 11.5. The first-order valence-corrected chi connectivity index (χ1v) is 6.17. The lowest BCUT2D eigenvalue weighted by Gasteiger charge is -2.02. The van der Waals surface area contributed by atoms with E-state index in [0.29, 0.717) is 11.5 Å². The Bertz CT molecular complexity index is 651. The van der Waals surface area contributed by atoms with Gasteiger partial charge in [-0.25, -0.2) is 4.98 Å². The van der Waals surface area contributed by atoms with E-state index in [1.165, 1.54) is 0 Å². The van der Waals surface area contributed by atoms with Crippen LogP contribution in [0.25, 0.3) is 6.08 Å². The number of nitrogens with one attached hydrogen (secondary N) is 1. The number of benzene rings is 1. The van der Waals surface area contributed by atoms with Crippen LogP contribution in [0, 0.1) is 0 Å². The highest BCUT2D eigenvalue weighted by molar-refractivity contribution is 6.10. The SMILES string of the molecule is COc1ccc(C(/C=C/c2ncc[nH]2)=N\N=C(N)N)cc1. The molecule has 2 aromatic rings. The van der Waals surface area contributed by atoms with Crippen molar-refractivity contribution in [3.63, 3.8) is 0 Å². The van der Waals surface area contributed by atoms with Gasteiger partial charge in [-0.15, -0.1) is 10.2 Å². The maximum Gasteiger partial charge on any atom is 0.211 e. The number of aromatic nitrogens is 2. The van der Waals surface area contributed by atoms with Gasteiger partial charge in [0, 0.05) is 18.0 Å². The zero-order chi connectivity index (χ0) is 15.1. The number of ether oxygens (including phenoxy) is 1. The van der Waals surface area contributed by atoms with E-state index in [1.807, 2.05) is 24.3 Å². The Morgan fingerprint density at radius 1 is 1.24 bits per heavy atom. The highest BCUT2D eigenvalue weighted by atomic mass is 16.5. The Labute approximate surface area is 122 Å². The van der Waals surface area contributed by atoms with E-state index in [9.17, 15) is 0 Å². The van der Waals surface area contributed by atoms with Crippen LogP contribution >= 0.6 is 0 Å². The maximum absolute atomic E-state index is 5.31. The van der Waals surface area contributed by atoms with Crippen molar-refractivity contribution in [2.24, 2.45) is 21.7 Å². The molecule has 0 atom stereocenters. The number of allylic oxidation sites excluding steroid dienone is 1. The summed E-state index contributed by atoms with van der Waals surface area (Å²) in [7, 11) is 1.61. The summed E-state index contributed by atoms with van der Waals surface area (Å²) in [6.45, 7) is 0. The van der Waals surface area contributed by atoms with Gasteiger partial charge in [0.25, 0.3) is 0 Å². The maximum atomic E-state index is 5.31. The molecular formula is C14H16N6O. The Balaban J connectivity index is 2.31. The smallest absolute Gasteiger partial charge is 0.211 e. The average molecular weight is 284 g/mol. The first-order chi connectivity index (χ1) is 10.2. The van der Waals surface area contributed by atoms with Crippen molar-refractivity contribution in [3.8, 4) is 5.75 Å². The van der Waals surface area contributed by atoms with Gasteiger partial charge >= 0.3 is 0 Å². The number of H-pyrrole nitrogens is 1. The molecule has 1 aromatic carbocycles. The van der Waals surface area contributed by atoms with Crippen LogP contribution in [0.5, 0.6) is 5.75 Å². The van der Waals surface area contributed by atoms with E-state index >= 15 is 0 Å². The lowest BCUT2D eigenvalue weighted by Crippen LogP contribution is -2.22. The molecule has 0 aliphatic carbocycles. The number of hydrogen-bond donors (Lipinski definition) is 3. The number of aromatic amines is 1. The normalized spacial score (nSPS) is 11.6. The summed E-state index contributed by atoms with van der Waals surface area (Å²) in [5, 5.41) is 7.72. The minimum atomic E-state index is -0.104. The molecule has 5 N–H and O–H groups in total. The summed E-state index contributed by atoms with van der Waals surface area (Å²) in [6, 6.07) is 7.40. The Morgan fingerprint density at radius 3 is 2.57 bits per heavy atom. The van der Waals surface area contributed by atoms with Crippen LogP contribution in [0.15, 0.2) is 52.9 Å². The van der Waals surface area contributed by atoms with Gasteiger partial charge in [0.15, 0.2) is 0 Å². The minimum absolute atomic E-state index is 0.104. The van der Waals surface area contributed by atoms with Gasteiger partial charge in [-0.3, -0.25) is 0 Å². The molecule has 21 heavy (non-hydrogen) atoms. The molecule has 0 radical (unpaired) electrons. The van der Waals surface area contributed by atoms with E-state index in [-0.39, 0.29) is 5.96 Å². The van der Waals surface area contributed by atoms with Gasteiger partial charge in [-0.1, -0.05) is 0 Å². The van der Waals surface area contributed by atoms with E-state index in [1.54, 1.807) is 31.7 Å². The van der Waals surface area contributed by atoms with Crippen molar-refractivity contribution in [2.75, 3.05) is 7.11 Å². The predicted octanol–water partition coefficient (Wildman–Crippen LogP) is 1.11. The molecule has 1 aromatic heterocycles. The summed E-state index contributed by atoms with van der Waals surface area (Å²) >= 11 is 0. The topological polar surface area (TPSA) is 115 Å². The van der Waals surface area contributed by atoms with Crippen LogP contribution in [0.3, 0.4) is 0 Å². The number of guanidine groups is 1. The predicted molar refractivity (Wildman–Crippen MR) is 83.0 cm³/mol. The van der Waals surface area contributed by atoms with Crippen LogP contribution in [0.1, 0.15) is 11.4 Å². The molecule has 108 valence electrons. The molecule has 0 saturated carbocycles. The van der Waals surface area contributed by atoms with Crippen LogP contribution in [-0.4, -0.2) is 28.7 Å². The minimum Gasteiger partial charge on any atom is -0.497 e. The molecule has 0 unspecified atom stereocenters. The van der Waals surface area contributed by atoms with Gasteiger partial charge in [0.05, 0.1) is 12.8 Å². The summed E-state index contributed by atoms with van der Waals surface area (Å²) < 4.78 is 5.13. The molecule has 7 heteroatoms. The molecule has 2 rings (SSSR count). The van der Waals surface area contributed by atoms with Crippen LogP contribution in [-0.2, 0) is 0 Å². The van der Waals surface area contributed by atoms with Crippen molar-refractivity contribution >= 4 is 17.7 Å². The highest BCUT2D eigenvalue weighted by Gasteiger charge is 2.01. The standard InChI is InChI=1S/C14H16N6O/c1-21-11-4-2-10(3-5-11)12(19-20-14(15)16)6-7-13-17-8-9-18-13/h2-9H,1H3,(H,17,18)(H4,15,16,20)/b7-6+,19-12-. The number of imidazole rings is 1. The molecule has 0 saturated heterocycles. The fourth-order valence-corrected chi connectivity index (χ4v) is 1.59. The molecule has 0 aliphatic rings. The second-order valence-electron chi connectivity index (χ2n) is 4.05. The summed E-state index contributed by atoms with van der Waals surface area (Å²) in [6.07, 6.45) is 6.96. The van der Waals surface area contributed by atoms with Gasteiger partial charge < -0.3 is 21.2 Å². The van der Waals surface area contributed by atoms with Crippen molar-refractivity contribution in [1.82, 2.24) is 9.97 Å². The van der Waals surface area contributed by atoms with E-state index in [0.717, 1.165) is 11.3 Å². The lowest BCUT2D eigenvalue weighted by atomic mass is 10.1. The number of nitrogens with two attached hydrogens (primary N) is 2. The van der Waals surface area contributed by atoms with Crippen molar-refractivity contribution < 1.29 is 4.74 Å². The molecule has 7 nitrogen and oxygen atoms in total. The zero-order valence-corrected chi connectivity index (χ0v) is 11.5. The third kappa shape index (κ3) is 4.20. The number of nitrogens with zero attached hydrogens (tertiary/aromatic N) is 3. The monoisotopic (exact) mass is 284 g/mol. The third-order valence-corrected chi connectivity index (χ3v) is 2.58. The molecule has 0 spiro atoms. The number of rotatable bonds is 5. The molecule has 0 amide bonds. The Kier molecular flexibility index (Phi) is 4.70. The highest BCUT2D eigenvalue weighted by Crippen LogP contribution is 2.13. The van der Waals surface area contributed by atoms with Gasteiger partial charge in [-0.05, 0) is 36.4 Å².